The first-order valence-electron chi connectivity index (χ1n) is 2.54. The van der Waals surface area contributed by atoms with E-state index in [9.17, 15) is 0 Å². The van der Waals surface area contributed by atoms with Gasteiger partial charge < -0.3 is 11.1 Å². The minimum absolute atomic E-state index is 0. The predicted octanol–water partition coefficient (Wildman–Crippen LogP) is 0.907. The monoisotopic (exact) mass is 123 g/mol. The van der Waals surface area contributed by atoms with Gasteiger partial charge in [-0.05, 0) is 6.07 Å². The maximum Gasteiger partial charge on any atom is 0.0434 e. The van der Waals surface area contributed by atoms with E-state index in [1.54, 1.807) is 18.5 Å². The van der Waals surface area contributed by atoms with Crippen molar-refractivity contribution in [1.29, 1.82) is 5.41 Å². The molecule has 0 spiro atoms. The van der Waals surface area contributed by atoms with Crippen molar-refractivity contribution < 1.29 is 1.43 Å². The standard InChI is InChI=1S/C6H7N3.H2/c7-3-5-4-9-2-1-6(5)8;/h1-4,7H,(H2,8,9);1H. The van der Waals surface area contributed by atoms with Crippen LogP contribution in [0.5, 0.6) is 0 Å². The molecule has 9 heavy (non-hydrogen) atoms. The van der Waals surface area contributed by atoms with Crippen LogP contribution in [0.15, 0.2) is 18.5 Å². The molecule has 3 heteroatoms. The summed E-state index contributed by atoms with van der Waals surface area (Å²) in [7, 11) is 0. The number of nitrogens with two attached hydrogens (primary N) is 1. The van der Waals surface area contributed by atoms with Crippen LogP contribution < -0.4 is 5.73 Å². The molecule has 0 aliphatic carbocycles. The Morgan fingerprint density at radius 3 is 3.00 bits per heavy atom. The van der Waals surface area contributed by atoms with Gasteiger partial charge in [0.05, 0.1) is 0 Å². The third-order valence-electron chi connectivity index (χ3n) is 1.04. The Morgan fingerprint density at radius 2 is 2.56 bits per heavy atom. The molecule has 1 rings (SSSR count). The van der Waals surface area contributed by atoms with Crippen molar-refractivity contribution in [2.45, 2.75) is 0 Å². The van der Waals surface area contributed by atoms with Crippen molar-refractivity contribution in [3.63, 3.8) is 0 Å². The Balaban J connectivity index is 0.000000810. The lowest BCUT2D eigenvalue weighted by Gasteiger charge is -1.93. The zero-order chi connectivity index (χ0) is 6.69. The maximum absolute atomic E-state index is 6.84. The maximum atomic E-state index is 6.84. The highest BCUT2D eigenvalue weighted by Gasteiger charge is 1.89. The van der Waals surface area contributed by atoms with Crippen LogP contribution >= 0.6 is 0 Å². The molecule has 0 unspecified atom stereocenters. The summed E-state index contributed by atoms with van der Waals surface area (Å²) in [6.45, 7) is 0. The summed E-state index contributed by atoms with van der Waals surface area (Å²) in [5, 5.41) is 6.84. The molecule has 0 saturated carbocycles. The van der Waals surface area contributed by atoms with Gasteiger partial charge in [0.2, 0.25) is 0 Å². The number of aromatic nitrogens is 1. The molecule has 0 radical (unpaired) electrons. The summed E-state index contributed by atoms with van der Waals surface area (Å²) in [6.07, 6.45) is 4.34. The molecule has 0 fully saturated rings. The van der Waals surface area contributed by atoms with E-state index in [1.807, 2.05) is 0 Å². The first kappa shape index (κ1) is 5.75. The lowest BCUT2D eigenvalue weighted by Crippen LogP contribution is -1.91. The third kappa shape index (κ3) is 1.05. The van der Waals surface area contributed by atoms with Gasteiger partial charge in [-0.3, -0.25) is 4.98 Å². The SMILES string of the molecule is N=Cc1cnccc1N.[HH]. The lowest BCUT2D eigenvalue weighted by molar-refractivity contribution is 1.32. The minimum Gasteiger partial charge on any atom is -0.398 e. The molecule has 1 aromatic heterocycles. The molecule has 3 nitrogen and oxygen atoms in total. The van der Waals surface area contributed by atoms with E-state index in [1.165, 1.54) is 6.21 Å². The lowest BCUT2D eigenvalue weighted by atomic mass is 10.3. The molecule has 0 aromatic carbocycles. The second-order valence-corrected chi connectivity index (χ2v) is 1.65. The summed E-state index contributed by atoms with van der Waals surface area (Å²) >= 11 is 0. The van der Waals surface area contributed by atoms with Gasteiger partial charge in [-0.1, -0.05) is 0 Å². The zero-order valence-electron chi connectivity index (χ0n) is 4.83. The van der Waals surface area contributed by atoms with Crippen molar-refractivity contribution in [2.24, 2.45) is 0 Å². The van der Waals surface area contributed by atoms with Gasteiger partial charge in [0.25, 0.3) is 0 Å². The van der Waals surface area contributed by atoms with Gasteiger partial charge >= 0.3 is 0 Å². The number of hydrogen-bond acceptors (Lipinski definition) is 3. The van der Waals surface area contributed by atoms with Crippen LogP contribution in [0.3, 0.4) is 0 Å². The Bertz CT molecular complexity index is 224. The smallest absolute Gasteiger partial charge is 0.0434 e. The van der Waals surface area contributed by atoms with Crippen LogP contribution in [0.2, 0.25) is 0 Å². The number of rotatable bonds is 1. The second-order valence-electron chi connectivity index (χ2n) is 1.65. The average molecular weight is 123 g/mol. The van der Waals surface area contributed by atoms with E-state index in [-0.39, 0.29) is 1.43 Å². The van der Waals surface area contributed by atoms with Crippen LogP contribution in [-0.4, -0.2) is 11.2 Å². The van der Waals surface area contributed by atoms with Crippen molar-refractivity contribution in [1.82, 2.24) is 4.98 Å². The normalized spacial score (nSPS) is 8.89. The Labute approximate surface area is 54.5 Å². The fourth-order valence-electron chi connectivity index (χ4n) is 0.538. The zero-order valence-corrected chi connectivity index (χ0v) is 4.83. The second kappa shape index (κ2) is 2.26. The van der Waals surface area contributed by atoms with Gasteiger partial charge in [0.1, 0.15) is 0 Å². The molecule has 1 heterocycles. The molecule has 0 atom stereocenters. The summed E-state index contributed by atoms with van der Waals surface area (Å²) in [6, 6.07) is 1.67. The van der Waals surface area contributed by atoms with Crippen molar-refractivity contribution in [2.75, 3.05) is 5.73 Å². The topological polar surface area (TPSA) is 62.8 Å². The van der Waals surface area contributed by atoms with Crippen LogP contribution in [0.25, 0.3) is 0 Å². The highest BCUT2D eigenvalue weighted by atomic mass is 14.7. The number of nitrogens with one attached hydrogen (secondary N) is 1. The molecule has 0 aliphatic rings. The Kier molecular flexibility index (Phi) is 1.44. The molecular weight excluding hydrogens is 114 g/mol. The number of pyridine rings is 1. The summed E-state index contributed by atoms with van der Waals surface area (Å²) < 4.78 is 0. The number of nitrogen functional groups attached to an aromatic ring is 1. The van der Waals surface area contributed by atoms with Crippen molar-refractivity contribution in [3.8, 4) is 0 Å². The molecule has 1 aromatic rings. The van der Waals surface area contributed by atoms with Gasteiger partial charge in [-0.15, -0.1) is 0 Å². The van der Waals surface area contributed by atoms with E-state index < -0.39 is 0 Å². The first-order valence-corrected chi connectivity index (χ1v) is 2.54. The van der Waals surface area contributed by atoms with Gasteiger partial charge in [0, 0.05) is 31.3 Å². The summed E-state index contributed by atoms with van der Waals surface area (Å²) in [5.74, 6) is 0. The molecule has 0 amide bonds. The van der Waals surface area contributed by atoms with E-state index >= 15 is 0 Å². The largest absolute Gasteiger partial charge is 0.398 e. The van der Waals surface area contributed by atoms with Gasteiger partial charge in [-0.25, -0.2) is 0 Å². The van der Waals surface area contributed by atoms with E-state index in [0.29, 0.717) is 11.3 Å². The molecule has 48 valence electrons. The van der Waals surface area contributed by atoms with Crippen LogP contribution in [0.1, 0.15) is 6.99 Å². The van der Waals surface area contributed by atoms with Gasteiger partial charge in [0.15, 0.2) is 0 Å². The van der Waals surface area contributed by atoms with E-state index in [0.717, 1.165) is 0 Å². The molecule has 0 saturated heterocycles. The minimum atomic E-state index is 0. The quantitative estimate of drug-likeness (QED) is 0.545. The first-order chi connectivity index (χ1) is 4.34. The van der Waals surface area contributed by atoms with Crippen molar-refractivity contribution >= 4 is 11.9 Å². The van der Waals surface area contributed by atoms with Crippen LogP contribution in [0.4, 0.5) is 5.69 Å². The average Bonchev–Trinajstić information content (AvgIpc) is 1.89. The van der Waals surface area contributed by atoms with Crippen LogP contribution in [-0.2, 0) is 0 Å². The summed E-state index contributed by atoms with van der Waals surface area (Å²) in [5.41, 5.74) is 6.70. The summed E-state index contributed by atoms with van der Waals surface area (Å²) in [4.78, 5) is 3.79. The fraction of sp³-hybridized carbons (Fsp3) is 0. The molecule has 3 N–H and O–H groups in total. The van der Waals surface area contributed by atoms with E-state index in [4.69, 9.17) is 11.1 Å². The highest BCUT2D eigenvalue weighted by molar-refractivity contribution is 5.83. The predicted molar refractivity (Wildman–Crippen MR) is 38.6 cm³/mol. The Morgan fingerprint density at radius 1 is 1.78 bits per heavy atom. The number of hydrogen-bond donors (Lipinski definition) is 2. The van der Waals surface area contributed by atoms with Crippen molar-refractivity contribution in [3.05, 3.63) is 24.0 Å². The van der Waals surface area contributed by atoms with E-state index in [2.05, 4.69) is 4.98 Å². The fourth-order valence-corrected chi connectivity index (χ4v) is 0.538. The molecule has 0 bridgehead atoms. The number of nitrogens with zero attached hydrogens (tertiary/aromatic N) is 1. The molecule has 0 aliphatic heterocycles. The Hall–Kier alpha value is -1.38. The van der Waals surface area contributed by atoms with Crippen LogP contribution in [0, 0.1) is 5.41 Å². The highest BCUT2D eigenvalue weighted by Crippen LogP contribution is 2.03. The third-order valence-corrected chi connectivity index (χ3v) is 1.04. The van der Waals surface area contributed by atoms with Gasteiger partial charge in [-0.2, -0.15) is 0 Å². The molecular formula is C6H9N3. The number of anilines is 1.